The van der Waals surface area contributed by atoms with Crippen LogP contribution < -0.4 is 5.73 Å². The van der Waals surface area contributed by atoms with Crippen molar-refractivity contribution < 1.29 is 9.53 Å². The number of fused-ring (bicyclic) bond motifs is 1. The van der Waals surface area contributed by atoms with Gasteiger partial charge in [0.25, 0.3) is 5.91 Å². The highest BCUT2D eigenvalue weighted by Gasteiger charge is 2.27. The molecule has 2 aromatic heterocycles. The lowest BCUT2D eigenvalue weighted by Crippen LogP contribution is -2.42. The van der Waals surface area contributed by atoms with E-state index in [0.29, 0.717) is 36.6 Å². The van der Waals surface area contributed by atoms with Gasteiger partial charge in [0, 0.05) is 12.1 Å². The number of ether oxygens (including phenoxy) is 1. The minimum absolute atomic E-state index is 0.0582. The highest BCUT2D eigenvalue weighted by molar-refractivity contribution is 5.97. The van der Waals surface area contributed by atoms with E-state index >= 15 is 0 Å². The topological polar surface area (TPSA) is 110 Å². The first kappa shape index (κ1) is 14.6. The largest absolute Gasteiger partial charge is 0.384 e. The minimum atomic E-state index is -0.276. The second-order valence-corrected chi connectivity index (χ2v) is 5.63. The number of H-pyrrole nitrogens is 1. The van der Waals surface area contributed by atoms with E-state index in [4.69, 9.17) is 10.5 Å². The molecule has 1 amide bonds. The van der Waals surface area contributed by atoms with Crippen molar-refractivity contribution in [1.82, 2.24) is 25.3 Å². The lowest BCUT2D eigenvalue weighted by atomic mass is 10.1. The molecular formula is C16H16N6O2. The highest BCUT2D eigenvalue weighted by atomic mass is 16.5. The molecule has 1 unspecified atom stereocenters. The summed E-state index contributed by atoms with van der Waals surface area (Å²) in [5, 5.41) is 10.6. The number of amides is 1. The molecule has 3 heterocycles. The smallest absolute Gasteiger partial charge is 0.254 e. The molecule has 1 saturated heterocycles. The van der Waals surface area contributed by atoms with Gasteiger partial charge in [-0.25, -0.2) is 4.98 Å². The number of morpholine rings is 1. The fourth-order valence-corrected chi connectivity index (χ4v) is 2.82. The Kier molecular flexibility index (Phi) is 3.58. The maximum absolute atomic E-state index is 12.8. The summed E-state index contributed by atoms with van der Waals surface area (Å²) in [5.74, 6) is 0.383. The first-order valence-corrected chi connectivity index (χ1v) is 7.64. The van der Waals surface area contributed by atoms with Crippen molar-refractivity contribution in [2.24, 2.45) is 0 Å². The van der Waals surface area contributed by atoms with Crippen molar-refractivity contribution in [3.8, 4) is 0 Å². The molecule has 0 spiro atoms. The standard InChI is InChI=1S/C16H16N6O2/c17-15-3-1-2-12(18-15)14-9-22(6-7-24-14)16(23)10-4-5-11-13(8-10)20-21-19-11/h1-5,8,14H,6-7,9H2,(H2,17,18)(H,19,20,21). The van der Waals surface area contributed by atoms with Crippen LogP contribution in [0.4, 0.5) is 5.82 Å². The van der Waals surface area contributed by atoms with E-state index in [0.717, 1.165) is 11.2 Å². The van der Waals surface area contributed by atoms with Gasteiger partial charge in [-0.05, 0) is 30.3 Å². The first-order valence-electron chi connectivity index (χ1n) is 7.64. The summed E-state index contributed by atoms with van der Waals surface area (Å²) in [6.45, 7) is 1.43. The Hall–Kier alpha value is -3.00. The van der Waals surface area contributed by atoms with E-state index in [1.165, 1.54) is 0 Å². The molecular weight excluding hydrogens is 308 g/mol. The zero-order valence-electron chi connectivity index (χ0n) is 12.8. The van der Waals surface area contributed by atoms with Crippen LogP contribution in [-0.2, 0) is 4.74 Å². The number of nitrogen functional groups attached to an aromatic ring is 1. The molecule has 1 fully saturated rings. The van der Waals surface area contributed by atoms with E-state index < -0.39 is 0 Å². The number of nitrogens with one attached hydrogen (secondary N) is 1. The summed E-state index contributed by atoms with van der Waals surface area (Å²) in [6.07, 6.45) is -0.276. The molecule has 122 valence electrons. The lowest BCUT2D eigenvalue weighted by Gasteiger charge is -2.32. The Balaban J connectivity index is 1.55. The normalized spacial score (nSPS) is 18.0. The average molecular weight is 324 g/mol. The van der Waals surface area contributed by atoms with Crippen molar-refractivity contribution in [3.05, 3.63) is 47.7 Å². The number of pyridine rings is 1. The second kappa shape index (κ2) is 5.89. The number of carbonyl (C=O) groups is 1. The Morgan fingerprint density at radius 1 is 1.25 bits per heavy atom. The number of hydrogen-bond donors (Lipinski definition) is 2. The number of aromatic amines is 1. The maximum atomic E-state index is 12.8. The lowest BCUT2D eigenvalue weighted by molar-refractivity contribution is -0.0246. The number of carbonyl (C=O) groups excluding carboxylic acids is 1. The summed E-state index contributed by atoms with van der Waals surface area (Å²) in [6, 6.07) is 10.7. The van der Waals surface area contributed by atoms with E-state index in [-0.39, 0.29) is 12.0 Å². The Morgan fingerprint density at radius 3 is 3.00 bits per heavy atom. The van der Waals surface area contributed by atoms with Crippen molar-refractivity contribution in [1.29, 1.82) is 0 Å². The first-order chi connectivity index (χ1) is 11.7. The number of nitrogens with two attached hydrogens (primary N) is 1. The number of nitrogens with zero attached hydrogens (tertiary/aromatic N) is 4. The summed E-state index contributed by atoms with van der Waals surface area (Å²) in [7, 11) is 0. The maximum Gasteiger partial charge on any atom is 0.254 e. The van der Waals surface area contributed by atoms with Crippen molar-refractivity contribution >= 4 is 22.8 Å². The van der Waals surface area contributed by atoms with Gasteiger partial charge in [0.05, 0.1) is 18.8 Å². The van der Waals surface area contributed by atoms with Gasteiger partial charge in [0.2, 0.25) is 0 Å². The van der Waals surface area contributed by atoms with Crippen LogP contribution in [0.2, 0.25) is 0 Å². The molecule has 1 aromatic carbocycles. The third kappa shape index (κ3) is 2.67. The molecule has 1 atom stereocenters. The fourth-order valence-electron chi connectivity index (χ4n) is 2.82. The zero-order chi connectivity index (χ0) is 16.5. The summed E-state index contributed by atoms with van der Waals surface area (Å²) in [5.41, 5.74) is 8.45. The monoisotopic (exact) mass is 324 g/mol. The van der Waals surface area contributed by atoms with Crippen LogP contribution in [-0.4, -0.2) is 50.9 Å². The van der Waals surface area contributed by atoms with Gasteiger partial charge >= 0.3 is 0 Å². The molecule has 0 aliphatic carbocycles. The number of aromatic nitrogens is 4. The van der Waals surface area contributed by atoms with Gasteiger partial charge in [-0.2, -0.15) is 15.4 Å². The molecule has 8 nitrogen and oxygen atoms in total. The predicted molar refractivity (Wildman–Crippen MR) is 87.1 cm³/mol. The van der Waals surface area contributed by atoms with Crippen LogP contribution in [0.25, 0.3) is 11.0 Å². The molecule has 8 heteroatoms. The molecule has 0 saturated carbocycles. The van der Waals surface area contributed by atoms with Crippen LogP contribution in [0.5, 0.6) is 0 Å². The quantitative estimate of drug-likeness (QED) is 0.731. The van der Waals surface area contributed by atoms with Gasteiger partial charge < -0.3 is 15.4 Å². The zero-order valence-corrected chi connectivity index (χ0v) is 12.8. The molecule has 1 aliphatic rings. The second-order valence-electron chi connectivity index (χ2n) is 5.63. The summed E-state index contributed by atoms with van der Waals surface area (Å²) in [4.78, 5) is 18.8. The van der Waals surface area contributed by atoms with Crippen LogP contribution >= 0.6 is 0 Å². The fraction of sp³-hybridized carbons (Fsp3) is 0.250. The molecule has 1 aliphatic heterocycles. The van der Waals surface area contributed by atoms with E-state index in [2.05, 4.69) is 20.4 Å². The van der Waals surface area contributed by atoms with Crippen molar-refractivity contribution in [2.75, 3.05) is 25.4 Å². The van der Waals surface area contributed by atoms with Crippen LogP contribution in [0.3, 0.4) is 0 Å². The number of benzene rings is 1. The third-order valence-electron chi connectivity index (χ3n) is 4.04. The number of anilines is 1. The number of rotatable bonds is 2. The van der Waals surface area contributed by atoms with Crippen LogP contribution in [0.15, 0.2) is 36.4 Å². The molecule has 0 bridgehead atoms. The SMILES string of the molecule is Nc1cccc(C2CN(C(=O)c3ccc4n[nH]nc4c3)CCO2)n1. The Labute approximate surface area is 137 Å². The predicted octanol–water partition coefficient (Wildman–Crippen LogP) is 1.15. The Morgan fingerprint density at radius 2 is 2.12 bits per heavy atom. The van der Waals surface area contributed by atoms with Gasteiger partial charge in [0.1, 0.15) is 23.0 Å². The van der Waals surface area contributed by atoms with E-state index in [1.807, 2.05) is 12.1 Å². The average Bonchev–Trinajstić information content (AvgIpc) is 3.09. The van der Waals surface area contributed by atoms with E-state index in [9.17, 15) is 4.79 Å². The van der Waals surface area contributed by atoms with Gasteiger partial charge in [-0.1, -0.05) is 6.07 Å². The molecule has 4 rings (SSSR count). The molecule has 24 heavy (non-hydrogen) atoms. The third-order valence-corrected chi connectivity index (χ3v) is 4.04. The van der Waals surface area contributed by atoms with Crippen LogP contribution in [0.1, 0.15) is 22.2 Å². The summed E-state index contributed by atoms with van der Waals surface area (Å²) < 4.78 is 5.75. The number of hydrogen-bond acceptors (Lipinski definition) is 6. The molecule has 0 radical (unpaired) electrons. The molecule has 3 aromatic rings. The minimum Gasteiger partial charge on any atom is -0.384 e. The highest BCUT2D eigenvalue weighted by Crippen LogP contribution is 2.23. The molecule has 3 N–H and O–H groups in total. The van der Waals surface area contributed by atoms with Crippen molar-refractivity contribution in [2.45, 2.75) is 6.10 Å². The van der Waals surface area contributed by atoms with E-state index in [1.54, 1.807) is 29.2 Å². The van der Waals surface area contributed by atoms with Crippen molar-refractivity contribution in [3.63, 3.8) is 0 Å². The summed E-state index contributed by atoms with van der Waals surface area (Å²) >= 11 is 0. The van der Waals surface area contributed by atoms with Gasteiger partial charge in [0.15, 0.2) is 0 Å². The van der Waals surface area contributed by atoms with Gasteiger partial charge in [-0.15, -0.1) is 0 Å². The Bertz CT molecular complexity index is 893. The van der Waals surface area contributed by atoms with Crippen LogP contribution in [0, 0.1) is 0 Å². The van der Waals surface area contributed by atoms with Gasteiger partial charge in [-0.3, -0.25) is 4.79 Å².